The molecule has 0 N–H and O–H groups in total. The van der Waals surface area contributed by atoms with Gasteiger partial charge in [0.15, 0.2) is 0 Å². The van der Waals surface area contributed by atoms with Crippen molar-refractivity contribution in [3.8, 4) is 0 Å². The van der Waals surface area contributed by atoms with Crippen LogP contribution < -0.4 is 0 Å². The van der Waals surface area contributed by atoms with Gasteiger partial charge in [-0.05, 0) is 27.7 Å². The highest BCUT2D eigenvalue weighted by Gasteiger charge is 1.34. The molecule has 0 aliphatic heterocycles. The Bertz CT molecular complexity index is 68.0. The summed E-state index contributed by atoms with van der Waals surface area (Å²) in [5.74, 6) is 0. The molecule has 0 aromatic carbocycles. The Labute approximate surface area is 79.0 Å². The number of hydrogen-bond donors (Lipinski definition) is 0. The van der Waals surface area contributed by atoms with Gasteiger partial charge >= 0.3 is 0 Å². The minimum atomic E-state index is 1.75. The smallest absolute Gasteiger partial charge is 0.0470 e. The second-order valence-corrected chi connectivity index (χ2v) is 1.48. The van der Waals surface area contributed by atoms with Crippen molar-refractivity contribution in [1.29, 1.82) is 0 Å². The Morgan fingerprint density at radius 1 is 0.667 bits per heavy atom. The topological polar surface area (TPSA) is 0 Å². The molecule has 0 bridgehead atoms. The molecule has 0 fully saturated rings. The van der Waals surface area contributed by atoms with E-state index >= 15 is 0 Å². The van der Waals surface area contributed by atoms with Crippen molar-refractivity contribution in [1.82, 2.24) is 0 Å². The van der Waals surface area contributed by atoms with Crippen LogP contribution in [0.1, 0.15) is 27.7 Å². The second-order valence-electron chi connectivity index (χ2n) is 1.48. The monoisotopic (exact) mass is 168 g/mol. The van der Waals surface area contributed by atoms with E-state index in [9.17, 15) is 0 Å². The highest BCUT2D eigenvalue weighted by Crippen LogP contribution is 1.57. The first-order valence-electron chi connectivity index (χ1n) is 3.96. The molecule has 0 aromatic rings. The molecule has 0 heteroatoms. The van der Waals surface area contributed by atoms with Crippen molar-refractivity contribution >= 4 is 0 Å². The SMILES string of the molecule is C/C=C\C.C=C.C=CC.C=CC. The normalized spacial score (nSPS) is 5.67. The van der Waals surface area contributed by atoms with Crippen LogP contribution in [0.25, 0.3) is 0 Å². The molecule has 0 amide bonds. The summed E-state index contributed by atoms with van der Waals surface area (Å²) >= 11 is 0. The van der Waals surface area contributed by atoms with Crippen molar-refractivity contribution in [2.75, 3.05) is 0 Å². The Kier molecular flexibility index (Phi) is 171. The van der Waals surface area contributed by atoms with Crippen LogP contribution in [0.4, 0.5) is 0 Å². The lowest BCUT2D eigenvalue weighted by molar-refractivity contribution is 1.64. The molecule has 0 spiro atoms. The van der Waals surface area contributed by atoms with E-state index in [-0.39, 0.29) is 0 Å². The molecular formula is C12H24. The van der Waals surface area contributed by atoms with Gasteiger partial charge in [0.2, 0.25) is 0 Å². The van der Waals surface area contributed by atoms with Gasteiger partial charge in [-0.3, -0.25) is 0 Å². The summed E-state index contributed by atoms with van der Waals surface area (Å²) in [4.78, 5) is 0. The van der Waals surface area contributed by atoms with Gasteiger partial charge in [-0.15, -0.1) is 26.3 Å². The first-order chi connectivity index (χ1) is 5.74. The van der Waals surface area contributed by atoms with Gasteiger partial charge < -0.3 is 0 Å². The third-order valence-corrected chi connectivity index (χ3v) is 0.333. The number of hydrogen-bond acceptors (Lipinski definition) is 0. The zero-order valence-electron chi connectivity index (χ0n) is 9.14. The first kappa shape index (κ1) is 22.4. The van der Waals surface area contributed by atoms with E-state index in [4.69, 9.17) is 0 Å². The summed E-state index contributed by atoms with van der Waals surface area (Å²) in [6.45, 7) is 20.5. The maximum absolute atomic E-state index is 3.36. The highest BCUT2D eigenvalue weighted by atomic mass is 13.4. The van der Waals surface area contributed by atoms with Crippen LogP contribution in [0.5, 0.6) is 0 Å². The predicted molar refractivity (Wildman–Crippen MR) is 63.5 cm³/mol. The average molecular weight is 168 g/mol. The van der Waals surface area contributed by atoms with Crippen molar-refractivity contribution in [2.45, 2.75) is 27.7 Å². The summed E-state index contributed by atoms with van der Waals surface area (Å²) in [5, 5.41) is 0. The van der Waals surface area contributed by atoms with Gasteiger partial charge in [0, 0.05) is 0 Å². The molecule has 0 aliphatic carbocycles. The largest absolute Gasteiger partial charge is 0.106 e. The van der Waals surface area contributed by atoms with Crippen LogP contribution in [0, 0.1) is 0 Å². The fourth-order valence-electron chi connectivity index (χ4n) is 0. The van der Waals surface area contributed by atoms with Gasteiger partial charge in [-0.2, -0.15) is 0 Å². The van der Waals surface area contributed by atoms with Gasteiger partial charge in [-0.25, -0.2) is 0 Å². The van der Waals surface area contributed by atoms with E-state index in [2.05, 4.69) is 26.3 Å². The second kappa shape index (κ2) is 91.3. The Hall–Kier alpha value is -1.04. The molecule has 0 rings (SSSR count). The van der Waals surface area contributed by atoms with E-state index in [0.717, 1.165) is 0 Å². The van der Waals surface area contributed by atoms with Gasteiger partial charge in [0.05, 0.1) is 0 Å². The number of allylic oxidation sites excluding steroid dienone is 4. The molecule has 0 nitrogen and oxygen atoms in total. The van der Waals surface area contributed by atoms with Crippen molar-refractivity contribution in [3.05, 3.63) is 50.6 Å². The van der Waals surface area contributed by atoms with E-state index < -0.39 is 0 Å². The molecule has 0 heterocycles. The highest BCUT2D eigenvalue weighted by molar-refractivity contribution is 4.68. The van der Waals surface area contributed by atoms with Crippen LogP contribution in [0.15, 0.2) is 50.6 Å². The van der Waals surface area contributed by atoms with Crippen LogP contribution in [0.2, 0.25) is 0 Å². The third-order valence-electron chi connectivity index (χ3n) is 0.333. The lowest BCUT2D eigenvalue weighted by atomic mass is 10.6. The molecule has 72 valence electrons. The zero-order chi connectivity index (χ0) is 10.8. The Morgan fingerprint density at radius 2 is 0.750 bits per heavy atom. The summed E-state index contributed by atoms with van der Waals surface area (Å²) in [5.41, 5.74) is 0. The van der Waals surface area contributed by atoms with Gasteiger partial charge in [0.1, 0.15) is 0 Å². The molecule has 0 radical (unpaired) electrons. The molecular weight excluding hydrogens is 144 g/mol. The third kappa shape index (κ3) is 355000. The molecule has 0 saturated carbocycles. The molecule has 0 unspecified atom stereocenters. The standard InChI is InChI=1S/C4H8.2C3H6.C2H4/c1-3-4-2;2*1-3-2;1-2/h3-4H,1-2H3;2*3H,1H2,2H3;1-2H2/b4-3-;;;. The quantitative estimate of drug-likeness (QED) is 0.457. The first-order valence-corrected chi connectivity index (χ1v) is 3.96. The van der Waals surface area contributed by atoms with Crippen molar-refractivity contribution in [2.24, 2.45) is 0 Å². The summed E-state index contributed by atoms with van der Waals surface area (Å²) < 4.78 is 0. The summed E-state index contributed by atoms with van der Waals surface area (Å²) in [6.07, 6.45) is 7.50. The van der Waals surface area contributed by atoms with Crippen LogP contribution in [-0.4, -0.2) is 0 Å². The van der Waals surface area contributed by atoms with Gasteiger partial charge in [0.25, 0.3) is 0 Å². The maximum Gasteiger partial charge on any atom is -0.0470 e. The van der Waals surface area contributed by atoms with E-state index in [0.29, 0.717) is 0 Å². The summed E-state index contributed by atoms with van der Waals surface area (Å²) in [7, 11) is 0. The minimum Gasteiger partial charge on any atom is -0.106 e. The lowest BCUT2D eigenvalue weighted by Gasteiger charge is -1.49. The van der Waals surface area contributed by atoms with Crippen molar-refractivity contribution in [3.63, 3.8) is 0 Å². The van der Waals surface area contributed by atoms with E-state index in [1.807, 2.05) is 39.8 Å². The fourth-order valence-corrected chi connectivity index (χ4v) is 0. The zero-order valence-corrected chi connectivity index (χ0v) is 9.14. The van der Waals surface area contributed by atoms with Crippen LogP contribution >= 0.6 is 0 Å². The minimum absolute atomic E-state index is 1.75. The molecule has 0 saturated heterocycles. The molecule has 0 aromatic heterocycles. The molecule has 12 heavy (non-hydrogen) atoms. The lowest BCUT2D eigenvalue weighted by Crippen LogP contribution is -1.26. The van der Waals surface area contributed by atoms with Crippen LogP contribution in [-0.2, 0) is 0 Å². The summed E-state index contributed by atoms with van der Waals surface area (Å²) in [6, 6.07) is 0. The Morgan fingerprint density at radius 3 is 0.750 bits per heavy atom. The van der Waals surface area contributed by atoms with E-state index in [1.54, 1.807) is 12.2 Å². The van der Waals surface area contributed by atoms with Crippen molar-refractivity contribution < 1.29 is 0 Å². The fraction of sp³-hybridized carbons (Fsp3) is 0.333. The Balaban J connectivity index is -0.0000000368. The molecule has 0 atom stereocenters. The average Bonchev–Trinajstić information content (AvgIpc) is 2.10. The number of rotatable bonds is 0. The maximum atomic E-state index is 3.36. The molecule has 0 aliphatic rings. The van der Waals surface area contributed by atoms with E-state index in [1.165, 1.54) is 0 Å². The van der Waals surface area contributed by atoms with Crippen LogP contribution in [0.3, 0.4) is 0 Å². The predicted octanol–water partition coefficient (Wildman–Crippen LogP) is 4.77. The van der Waals surface area contributed by atoms with Gasteiger partial charge in [-0.1, -0.05) is 24.3 Å².